The number of carbonyl (C=O) groups excluding carboxylic acids is 1. The van der Waals surface area contributed by atoms with Crippen molar-refractivity contribution in [3.63, 3.8) is 0 Å². The monoisotopic (exact) mass is 362 g/mol. The maximum absolute atomic E-state index is 11.8. The first-order chi connectivity index (χ1) is 10.7. The summed E-state index contributed by atoms with van der Waals surface area (Å²) in [5.41, 5.74) is 0. The third-order valence-electron chi connectivity index (χ3n) is 2.77. The van der Waals surface area contributed by atoms with Crippen molar-refractivity contribution in [1.29, 1.82) is 0 Å². The van der Waals surface area contributed by atoms with Crippen molar-refractivity contribution in [1.82, 2.24) is 15.1 Å². The Hall–Kier alpha value is -2.48. The van der Waals surface area contributed by atoms with Gasteiger partial charge in [-0.15, -0.1) is 0 Å². The molecular formula is C14H11BrN4O3. The number of aromatic nitrogens is 3. The first-order valence-corrected chi connectivity index (χ1v) is 7.28. The van der Waals surface area contributed by atoms with Crippen LogP contribution < -0.4 is 5.32 Å². The number of carbonyl (C=O) groups is 1. The molecule has 0 radical (unpaired) electrons. The van der Waals surface area contributed by atoms with Crippen molar-refractivity contribution in [3.8, 4) is 11.6 Å². The van der Waals surface area contributed by atoms with Crippen molar-refractivity contribution < 1.29 is 13.7 Å². The van der Waals surface area contributed by atoms with Gasteiger partial charge < -0.3 is 14.3 Å². The molecule has 1 amide bonds. The Bertz CT molecular complexity index is 753. The van der Waals surface area contributed by atoms with Crippen LogP contribution in [0.3, 0.4) is 0 Å². The smallest absolute Gasteiger partial charge is 0.238 e. The average molecular weight is 363 g/mol. The molecule has 0 spiro atoms. The third-order valence-corrected chi connectivity index (χ3v) is 3.24. The number of aryl methyl sites for hydroxylation is 1. The summed E-state index contributed by atoms with van der Waals surface area (Å²) in [4.78, 5) is 20.1. The molecule has 0 saturated carbocycles. The van der Waals surface area contributed by atoms with Crippen LogP contribution in [-0.4, -0.2) is 21.0 Å². The maximum atomic E-state index is 11.8. The summed E-state index contributed by atoms with van der Waals surface area (Å²) in [5.74, 6) is 1.60. The van der Waals surface area contributed by atoms with Gasteiger partial charge in [0.2, 0.25) is 17.6 Å². The molecule has 112 valence electrons. The fourth-order valence-electron chi connectivity index (χ4n) is 1.74. The second-order valence-corrected chi connectivity index (χ2v) is 5.31. The molecule has 3 heterocycles. The lowest BCUT2D eigenvalue weighted by Gasteiger charge is -2.02. The van der Waals surface area contributed by atoms with E-state index < -0.39 is 0 Å². The van der Waals surface area contributed by atoms with Crippen LogP contribution in [0.1, 0.15) is 12.3 Å². The van der Waals surface area contributed by atoms with Crippen LogP contribution in [0.5, 0.6) is 0 Å². The van der Waals surface area contributed by atoms with E-state index in [1.54, 1.807) is 30.5 Å². The summed E-state index contributed by atoms with van der Waals surface area (Å²) in [5, 5.41) is 6.50. The highest BCUT2D eigenvalue weighted by Crippen LogP contribution is 2.16. The quantitative estimate of drug-likeness (QED) is 0.749. The molecule has 0 aliphatic carbocycles. The van der Waals surface area contributed by atoms with Crippen LogP contribution in [-0.2, 0) is 11.2 Å². The van der Waals surface area contributed by atoms with E-state index >= 15 is 0 Å². The standard InChI is InChI=1S/C14H11BrN4O3/c15-9-3-4-11(16-8-9)17-12(20)5-6-13-18-14(19-22-13)10-2-1-7-21-10/h1-4,7-8H,5-6H2,(H,16,17,20). The average Bonchev–Trinajstić information content (AvgIpc) is 3.18. The highest BCUT2D eigenvalue weighted by molar-refractivity contribution is 9.10. The molecule has 0 aliphatic heterocycles. The predicted octanol–water partition coefficient (Wildman–Crippen LogP) is 3.06. The van der Waals surface area contributed by atoms with Crippen molar-refractivity contribution in [2.24, 2.45) is 0 Å². The number of nitrogens with one attached hydrogen (secondary N) is 1. The predicted molar refractivity (Wildman–Crippen MR) is 80.9 cm³/mol. The molecule has 7 nitrogen and oxygen atoms in total. The Labute approximate surface area is 133 Å². The molecule has 3 rings (SSSR count). The summed E-state index contributed by atoms with van der Waals surface area (Å²) >= 11 is 3.28. The first-order valence-electron chi connectivity index (χ1n) is 6.48. The van der Waals surface area contributed by atoms with Crippen molar-refractivity contribution in [2.45, 2.75) is 12.8 Å². The van der Waals surface area contributed by atoms with Crippen LogP contribution in [0.15, 0.2) is 50.1 Å². The number of hydrogen-bond acceptors (Lipinski definition) is 6. The molecule has 22 heavy (non-hydrogen) atoms. The molecule has 0 bridgehead atoms. The van der Waals surface area contributed by atoms with Crippen LogP contribution in [0.25, 0.3) is 11.6 Å². The highest BCUT2D eigenvalue weighted by Gasteiger charge is 2.12. The fraction of sp³-hybridized carbons (Fsp3) is 0.143. The lowest BCUT2D eigenvalue weighted by atomic mass is 10.3. The third kappa shape index (κ3) is 3.59. The molecule has 0 unspecified atom stereocenters. The summed E-state index contributed by atoms with van der Waals surface area (Å²) < 4.78 is 11.1. The SMILES string of the molecule is O=C(CCc1nc(-c2ccco2)no1)Nc1ccc(Br)cn1. The van der Waals surface area contributed by atoms with Crippen molar-refractivity contribution >= 4 is 27.7 Å². The number of amides is 1. The number of halogens is 1. The van der Waals surface area contributed by atoms with E-state index in [1.807, 2.05) is 0 Å². The normalized spacial score (nSPS) is 10.6. The van der Waals surface area contributed by atoms with E-state index in [2.05, 4.69) is 36.4 Å². The van der Waals surface area contributed by atoms with Gasteiger partial charge >= 0.3 is 0 Å². The number of pyridine rings is 1. The van der Waals surface area contributed by atoms with Crippen LogP contribution >= 0.6 is 15.9 Å². The minimum Gasteiger partial charge on any atom is -0.461 e. The minimum atomic E-state index is -0.174. The number of furan rings is 1. The Morgan fingerprint density at radius 1 is 1.32 bits per heavy atom. The van der Waals surface area contributed by atoms with Gasteiger partial charge in [0.1, 0.15) is 5.82 Å². The number of nitrogens with zero attached hydrogens (tertiary/aromatic N) is 3. The summed E-state index contributed by atoms with van der Waals surface area (Å²) in [7, 11) is 0. The van der Waals surface area contributed by atoms with Gasteiger partial charge in [-0.25, -0.2) is 4.98 Å². The summed E-state index contributed by atoms with van der Waals surface area (Å²) in [6.07, 6.45) is 3.71. The second-order valence-electron chi connectivity index (χ2n) is 4.40. The van der Waals surface area contributed by atoms with E-state index in [-0.39, 0.29) is 12.3 Å². The largest absolute Gasteiger partial charge is 0.461 e. The zero-order chi connectivity index (χ0) is 15.4. The molecule has 3 aromatic heterocycles. The van der Waals surface area contributed by atoms with Crippen molar-refractivity contribution in [3.05, 3.63) is 47.1 Å². The lowest BCUT2D eigenvalue weighted by molar-refractivity contribution is -0.116. The Morgan fingerprint density at radius 3 is 2.95 bits per heavy atom. The Kier molecular flexibility index (Phi) is 4.29. The topological polar surface area (TPSA) is 94.0 Å². The van der Waals surface area contributed by atoms with Crippen LogP contribution in [0, 0.1) is 0 Å². The minimum absolute atomic E-state index is 0.174. The first kappa shape index (κ1) is 14.5. The van der Waals surface area contributed by atoms with E-state index in [1.165, 1.54) is 6.26 Å². The lowest BCUT2D eigenvalue weighted by Crippen LogP contribution is -2.13. The summed E-state index contributed by atoms with van der Waals surface area (Å²) in [6.45, 7) is 0. The van der Waals surface area contributed by atoms with Gasteiger partial charge in [0.15, 0.2) is 5.76 Å². The zero-order valence-electron chi connectivity index (χ0n) is 11.3. The number of rotatable bonds is 5. The van der Waals surface area contributed by atoms with Gasteiger partial charge in [-0.1, -0.05) is 5.16 Å². The van der Waals surface area contributed by atoms with Crippen molar-refractivity contribution in [2.75, 3.05) is 5.32 Å². The number of anilines is 1. The van der Waals surface area contributed by atoms with Gasteiger partial charge in [-0.3, -0.25) is 4.79 Å². The van der Waals surface area contributed by atoms with E-state index in [9.17, 15) is 4.79 Å². The Balaban J connectivity index is 1.54. The maximum Gasteiger partial charge on any atom is 0.238 e. The van der Waals surface area contributed by atoms with E-state index in [0.717, 1.165) is 4.47 Å². The van der Waals surface area contributed by atoms with Gasteiger partial charge in [0.05, 0.1) is 6.26 Å². The molecule has 8 heteroatoms. The van der Waals surface area contributed by atoms with E-state index in [4.69, 9.17) is 8.94 Å². The molecule has 0 fully saturated rings. The summed E-state index contributed by atoms with van der Waals surface area (Å²) in [6, 6.07) is 6.99. The molecule has 1 N–H and O–H groups in total. The molecule has 0 aromatic carbocycles. The van der Waals surface area contributed by atoms with Gasteiger partial charge in [-0.2, -0.15) is 4.98 Å². The fourth-order valence-corrected chi connectivity index (χ4v) is 1.97. The molecule has 3 aromatic rings. The zero-order valence-corrected chi connectivity index (χ0v) is 12.9. The van der Waals surface area contributed by atoms with Gasteiger partial charge in [0.25, 0.3) is 0 Å². The Morgan fingerprint density at radius 2 is 2.23 bits per heavy atom. The highest BCUT2D eigenvalue weighted by atomic mass is 79.9. The van der Waals surface area contributed by atoms with Crippen LogP contribution in [0.4, 0.5) is 5.82 Å². The molecule has 0 atom stereocenters. The molecule has 0 saturated heterocycles. The van der Waals surface area contributed by atoms with Gasteiger partial charge in [0, 0.05) is 23.5 Å². The molecular weight excluding hydrogens is 352 g/mol. The van der Waals surface area contributed by atoms with Gasteiger partial charge in [-0.05, 0) is 40.2 Å². The van der Waals surface area contributed by atoms with Crippen LogP contribution in [0.2, 0.25) is 0 Å². The van der Waals surface area contributed by atoms with E-state index in [0.29, 0.717) is 29.7 Å². The number of hydrogen-bond donors (Lipinski definition) is 1. The molecule has 0 aliphatic rings. The second kappa shape index (κ2) is 6.52.